The van der Waals surface area contributed by atoms with Crippen molar-refractivity contribution in [3.63, 3.8) is 0 Å². The summed E-state index contributed by atoms with van der Waals surface area (Å²) in [5, 5.41) is 12.2. The molecule has 1 aliphatic heterocycles. The van der Waals surface area contributed by atoms with Gasteiger partial charge in [-0.25, -0.2) is 17.6 Å². The van der Waals surface area contributed by atoms with Crippen LogP contribution < -0.4 is 5.32 Å². The van der Waals surface area contributed by atoms with E-state index in [2.05, 4.69) is 5.32 Å². The van der Waals surface area contributed by atoms with Crippen LogP contribution in [0.3, 0.4) is 0 Å². The third-order valence-corrected chi connectivity index (χ3v) is 8.08. The summed E-state index contributed by atoms with van der Waals surface area (Å²) in [6, 6.07) is 3.80. The minimum Gasteiger partial charge on any atom is -0.465 e. The van der Waals surface area contributed by atoms with E-state index in [0.29, 0.717) is 19.4 Å². The molecule has 1 aromatic carbocycles. The molecule has 0 unspecified atom stereocenters. The van der Waals surface area contributed by atoms with E-state index >= 15 is 0 Å². The van der Waals surface area contributed by atoms with Gasteiger partial charge in [-0.2, -0.15) is 4.31 Å². The van der Waals surface area contributed by atoms with Crippen LogP contribution in [0.2, 0.25) is 0 Å². The van der Waals surface area contributed by atoms with Gasteiger partial charge in [-0.05, 0) is 55.4 Å². The average molecular weight is 442 g/mol. The third-order valence-electron chi connectivity index (χ3n) is 6.24. The van der Waals surface area contributed by atoms with Crippen LogP contribution in [0.25, 0.3) is 0 Å². The van der Waals surface area contributed by atoms with E-state index in [1.165, 1.54) is 23.5 Å². The van der Waals surface area contributed by atoms with Crippen molar-refractivity contribution in [2.45, 2.75) is 49.6 Å². The fraction of sp³-hybridized carbons (Fsp3) is 0.600. The van der Waals surface area contributed by atoms with E-state index < -0.39 is 28.0 Å². The fourth-order valence-electron chi connectivity index (χ4n) is 4.54. The molecule has 3 rings (SSSR count). The Morgan fingerprint density at radius 3 is 2.53 bits per heavy atom. The van der Waals surface area contributed by atoms with Crippen LogP contribution in [0.5, 0.6) is 0 Å². The Kier molecular flexibility index (Phi) is 6.66. The Morgan fingerprint density at radius 1 is 1.27 bits per heavy atom. The van der Waals surface area contributed by atoms with Crippen molar-refractivity contribution in [3.05, 3.63) is 30.1 Å². The molecule has 1 saturated heterocycles. The van der Waals surface area contributed by atoms with Gasteiger partial charge in [0.25, 0.3) is 0 Å². The standard InChI is InChI=1S/C20H28FN3O5S/c1-3-4-18(23(2)20(26)27)19(25)22-17-10-5-13-11-24(12-16(13)17)30(28,29)15-8-6-14(21)7-9-15/h6-9,13,16-18H,3-5,10-12H2,1-2H3,(H,22,25)(H,26,27)/t13-,16+,17+,18-/m0/s1. The lowest BCUT2D eigenvalue weighted by Gasteiger charge is -2.28. The average Bonchev–Trinajstić information content (AvgIpc) is 3.28. The molecule has 2 fully saturated rings. The lowest BCUT2D eigenvalue weighted by Crippen LogP contribution is -2.51. The van der Waals surface area contributed by atoms with Gasteiger partial charge in [0.2, 0.25) is 15.9 Å². The molecule has 0 aromatic heterocycles. The Hall–Kier alpha value is -2.20. The summed E-state index contributed by atoms with van der Waals surface area (Å²) in [6.45, 7) is 2.53. The summed E-state index contributed by atoms with van der Waals surface area (Å²) in [5.74, 6) is -0.732. The lowest BCUT2D eigenvalue weighted by molar-refractivity contribution is -0.126. The van der Waals surface area contributed by atoms with E-state index in [-0.39, 0.29) is 35.2 Å². The molecule has 10 heteroatoms. The van der Waals surface area contributed by atoms with E-state index in [0.717, 1.165) is 29.9 Å². The van der Waals surface area contributed by atoms with E-state index in [1.54, 1.807) is 0 Å². The lowest BCUT2D eigenvalue weighted by atomic mass is 9.97. The van der Waals surface area contributed by atoms with Gasteiger partial charge in [-0.1, -0.05) is 13.3 Å². The highest BCUT2D eigenvalue weighted by Gasteiger charge is 2.47. The van der Waals surface area contributed by atoms with Crippen molar-refractivity contribution in [1.82, 2.24) is 14.5 Å². The number of amides is 2. The predicted octanol–water partition coefficient (Wildman–Crippen LogP) is 2.12. The SMILES string of the molecule is CCC[C@@H](C(=O)N[C@@H]1CC[C@H]2CN(S(=O)(=O)c3ccc(F)cc3)C[C@H]21)N(C)C(=O)O. The zero-order valence-corrected chi connectivity index (χ0v) is 17.9. The first-order valence-electron chi connectivity index (χ1n) is 10.2. The predicted molar refractivity (Wildman–Crippen MR) is 108 cm³/mol. The number of carbonyl (C=O) groups excluding carboxylic acids is 1. The maximum atomic E-state index is 13.2. The van der Waals surface area contributed by atoms with Gasteiger partial charge < -0.3 is 10.4 Å². The monoisotopic (exact) mass is 441 g/mol. The summed E-state index contributed by atoms with van der Waals surface area (Å²) in [6.07, 6.45) is 1.45. The molecule has 2 N–H and O–H groups in total. The Labute approximate surface area is 176 Å². The molecule has 0 bridgehead atoms. The van der Waals surface area contributed by atoms with Crippen LogP contribution in [0, 0.1) is 17.7 Å². The van der Waals surface area contributed by atoms with Crippen molar-refractivity contribution in [2.24, 2.45) is 11.8 Å². The summed E-state index contributed by atoms with van der Waals surface area (Å²) in [5.41, 5.74) is 0. The Balaban J connectivity index is 1.69. The molecule has 1 saturated carbocycles. The molecule has 1 aromatic rings. The molecule has 2 aliphatic rings. The maximum absolute atomic E-state index is 13.2. The minimum atomic E-state index is -3.73. The quantitative estimate of drug-likeness (QED) is 0.674. The first-order valence-corrected chi connectivity index (χ1v) is 11.6. The van der Waals surface area contributed by atoms with Crippen molar-refractivity contribution < 1.29 is 27.5 Å². The topological polar surface area (TPSA) is 107 Å². The second-order valence-electron chi connectivity index (χ2n) is 8.09. The van der Waals surface area contributed by atoms with Crippen molar-refractivity contribution in [2.75, 3.05) is 20.1 Å². The number of hydrogen-bond donors (Lipinski definition) is 2. The molecule has 8 nitrogen and oxygen atoms in total. The molecule has 1 heterocycles. The first-order chi connectivity index (χ1) is 14.1. The van der Waals surface area contributed by atoms with Gasteiger partial charge in [0.1, 0.15) is 11.9 Å². The molecule has 30 heavy (non-hydrogen) atoms. The number of likely N-dealkylation sites (N-methyl/N-ethyl adjacent to an activating group) is 1. The van der Waals surface area contributed by atoms with Gasteiger partial charge in [-0.15, -0.1) is 0 Å². The second-order valence-corrected chi connectivity index (χ2v) is 10.0. The molecule has 1 aliphatic carbocycles. The molecule has 0 spiro atoms. The van der Waals surface area contributed by atoms with Crippen LogP contribution in [-0.4, -0.2) is 67.0 Å². The van der Waals surface area contributed by atoms with Gasteiger partial charge in [-0.3, -0.25) is 9.69 Å². The smallest absolute Gasteiger partial charge is 0.407 e. The zero-order valence-electron chi connectivity index (χ0n) is 17.1. The van der Waals surface area contributed by atoms with Crippen LogP contribution in [0.1, 0.15) is 32.6 Å². The molecule has 2 amide bonds. The van der Waals surface area contributed by atoms with Gasteiger partial charge in [0.05, 0.1) is 4.90 Å². The normalized spacial score (nSPS) is 25.0. The number of carboxylic acid groups (broad SMARTS) is 1. The number of nitrogens with one attached hydrogen (secondary N) is 1. The van der Waals surface area contributed by atoms with E-state index in [9.17, 15) is 27.5 Å². The molecule has 166 valence electrons. The molecule has 4 atom stereocenters. The van der Waals surface area contributed by atoms with Crippen LogP contribution in [0.15, 0.2) is 29.2 Å². The van der Waals surface area contributed by atoms with Crippen LogP contribution in [-0.2, 0) is 14.8 Å². The van der Waals surface area contributed by atoms with E-state index in [1.807, 2.05) is 6.92 Å². The second kappa shape index (κ2) is 8.89. The number of rotatable bonds is 7. The minimum absolute atomic E-state index is 0.0263. The Morgan fingerprint density at radius 2 is 1.93 bits per heavy atom. The fourth-order valence-corrected chi connectivity index (χ4v) is 6.08. The largest absolute Gasteiger partial charge is 0.465 e. The first kappa shape index (κ1) is 22.5. The number of benzene rings is 1. The number of sulfonamides is 1. The van der Waals surface area contributed by atoms with Gasteiger partial charge >= 0.3 is 6.09 Å². The number of halogens is 1. The molecular weight excluding hydrogens is 413 g/mol. The summed E-state index contributed by atoms with van der Waals surface area (Å²) >= 11 is 0. The molecule has 0 radical (unpaired) electrons. The van der Waals surface area contributed by atoms with E-state index in [4.69, 9.17) is 0 Å². The summed E-state index contributed by atoms with van der Waals surface area (Å²) in [4.78, 5) is 25.1. The summed E-state index contributed by atoms with van der Waals surface area (Å²) in [7, 11) is -2.35. The van der Waals surface area contributed by atoms with Crippen LogP contribution >= 0.6 is 0 Å². The van der Waals surface area contributed by atoms with Crippen molar-refractivity contribution in [3.8, 4) is 0 Å². The third kappa shape index (κ3) is 4.44. The van der Waals surface area contributed by atoms with Gasteiger partial charge in [0, 0.05) is 26.2 Å². The highest BCUT2D eigenvalue weighted by atomic mass is 32.2. The summed E-state index contributed by atoms with van der Waals surface area (Å²) < 4.78 is 40.4. The molecular formula is C20H28FN3O5S. The highest BCUT2D eigenvalue weighted by molar-refractivity contribution is 7.89. The maximum Gasteiger partial charge on any atom is 0.407 e. The van der Waals surface area contributed by atoms with Gasteiger partial charge in [0.15, 0.2) is 0 Å². The zero-order chi connectivity index (χ0) is 22.1. The van der Waals surface area contributed by atoms with Crippen molar-refractivity contribution >= 4 is 22.0 Å². The van der Waals surface area contributed by atoms with Crippen LogP contribution in [0.4, 0.5) is 9.18 Å². The Bertz CT molecular complexity index is 892. The highest BCUT2D eigenvalue weighted by Crippen LogP contribution is 2.40. The number of carbonyl (C=O) groups is 2. The number of nitrogens with zero attached hydrogens (tertiary/aromatic N) is 2. The van der Waals surface area contributed by atoms with Crippen molar-refractivity contribution in [1.29, 1.82) is 0 Å². The number of fused-ring (bicyclic) bond motifs is 1. The number of hydrogen-bond acceptors (Lipinski definition) is 4.